The van der Waals surface area contributed by atoms with Gasteiger partial charge >= 0.3 is 0 Å². The monoisotopic (exact) mass is 268 g/mol. The lowest BCUT2D eigenvalue weighted by atomic mass is 10.1. The summed E-state index contributed by atoms with van der Waals surface area (Å²) in [7, 11) is 4.02. The molecule has 2 heterocycles. The lowest BCUT2D eigenvalue weighted by Gasteiger charge is -2.07. The molecule has 0 spiro atoms. The highest BCUT2D eigenvalue weighted by Crippen LogP contribution is 2.18. The molecular weight excluding hydrogens is 248 g/mol. The molecule has 104 valence electrons. The van der Waals surface area contributed by atoms with Crippen LogP contribution in [0.25, 0.3) is 10.9 Å². The van der Waals surface area contributed by atoms with Gasteiger partial charge in [-0.1, -0.05) is 12.1 Å². The summed E-state index contributed by atoms with van der Waals surface area (Å²) in [5, 5.41) is 4.50. The van der Waals surface area contributed by atoms with E-state index in [1.54, 1.807) is 0 Å². The van der Waals surface area contributed by atoms with Crippen LogP contribution in [0.3, 0.4) is 0 Å². The first-order valence-electron chi connectivity index (χ1n) is 6.96. The Bertz CT molecular complexity index is 708. The largest absolute Gasteiger partial charge is 0.347 e. The Labute approximate surface area is 119 Å². The maximum atomic E-state index is 4.38. The van der Waals surface area contributed by atoms with Gasteiger partial charge in [-0.05, 0) is 30.1 Å². The summed E-state index contributed by atoms with van der Waals surface area (Å²) < 4.78 is 4.39. The normalized spacial score (nSPS) is 11.3. The lowest BCUT2D eigenvalue weighted by Crippen LogP contribution is -2.06. The Morgan fingerprint density at radius 3 is 2.85 bits per heavy atom. The first-order chi connectivity index (χ1) is 9.78. The molecule has 1 N–H and O–H groups in total. The molecule has 0 aliphatic rings. The third-order valence-corrected chi connectivity index (χ3v) is 3.72. The van der Waals surface area contributed by atoms with Crippen molar-refractivity contribution in [3.8, 4) is 0 Å². The maximum absolute atomic E-state index is 4.38. The zero-order valence-corrected chi connectivity index (χ0v) is 12.0. The van der Waals surface area contributed by atoms with E-state index in [4.69, 9.17) is 0 Å². The molecule has 0 atom stereocenters. The molecule has 0 aliphatic carbocycles. The fourth-order valence-corrected chi connectivity index (χ4v) is 2.60. The van der Waals surface area contributed by atoms with Gasteiger partial charge in [0.25, 0.3) is 0 Å². The van der Waals surface area contributed by atoms with E-state index in [9.17, 15) is 0 Å². The number of fused-ring (bicyclic) bond motifs is 1. The molecule has 0 aliphatic heterocycles. The third kappa shape index (κ3) is 2.47. The molecule has 4 nitrogen and oxygen atoms in total. The highest BCUT2D eigenvalue weighted by atomic mass is 15.0. The van der Waals surface area contributed by atoms with Crippen molar-refractivity contribution in [2.45, 2.75) is 19.5 Å². The van der Waals surface area contributed by atoms with Crippen LogP contribution in [0.15, 0.2) is 42.9 Å². The molecule has 0 amide bonds. The van der Waals surface area contributed by atoms with Crippen LogP contribution < -0.4 is 5.32 Å². The molecule has 0 unspecified atom stereocenters. The van der Waals surface area contributed by atoms with Gasteiger partial charge in [0.2, 0.25) is 0 Å². The average Bonchev–Trinajstić information content (AvgIpc) is 3.03. The fourth-order valence-electron chi connectivity index (χ4n) is 2.60. The molecule has 0 fully saturated rings. The summed E-state index contributed by atoms with van der Waals surface area (Å²) in [4.78, 5) is 4.38. The van der Waals surface area contributed by atoms with Crippen LogP contribution in [0.1, 0.15) is 11.4 Å². The second-order valence-electron chi connectivity index (χ2n) is 5.14. The van der Waals surface area contributed by atoms with E-state index < -0.39 is 0 Å². The fraction of sp³-hybridized carbons (Fsp3) is 0.312. The van der Waals surface area contributed by atoms with E-state index in [1.807, 2.05) is 26.5 Å². The van der Waals surface area contributed by atoms with Gasteiger partial charge in [-0.3, -0.25) is 0 Å². The van der Waals surface area contributed by atoms with Gasteiger partial charge in [-0.25, -0.2) is 4.98 Å². The summed E-state index contributed by atoms with van der Waals surface area (Å²) in [6.07, 6.45) is 6.96. The van der Waals surface area contributed by atoms with Gasteiger partial charge in [0.1, 0.15) is 5.82 Å². The molecule has 3 aromatic rings. The number of imidazole rings is 1. The Balaban J connectivity index is 1.84. The van der Waals surface area contributed by atoms with E-state index in [1.165, 1.54) is 16.5 Å². The number of hydrogen-bond donors (Lipinski definition) is 1. The van der Waals surface area contributed by atoms with Gasteiger partial charge in [-0.15, -0.1) is 0 Å². The van der Waals surface area contributed by atoms with E-state index >= 15 is 0 Å². The average molecular weight is 268 g/mol. The predicted octanol–water partition coefficient (Wildman–Crippen LogP) is 2.34. The summed E-state index contributed by atoms with van der Waals surface area (Å²) in [5.41, 5.74) is 2.61. The van der Waals surface area contributed by atoms with Crippen molar-refractivity contribution in [2.75, 3.05) is 7.05 Å². The zero-order valence-electron chi connectivity index (χ0n) is 12.0. The summed E-state index contributed by atoms with van der Waals surface area (Å²) in [6, 6.07) is 8.82. The third-order valence-electron chi connectivity index (χ3n) is 3.72. The Hall–Kier alpha value is -2.07. The van der Waals surface area contributed by atoms with Crippen molar-refractivity contribution >= 4 is 10.9 Å². The van der Waals surface area contributed by atoms with Crippen molar-refractivity contribution in [1.29, 1.82) is 0 Å². The number of aryl methyl sites for hydroxylation is 3. The van der Waals surface area contributed by atoms with Crippen LogP contribution in [0.2, 0.25) is 0 Å². The molecule has 2 aromatic heterocycles. The molecule has 1 aromatic carbocycles. The van der Waals surface area contributed by atoms with E-state index in [0.717, 1.165) is 25.3 Å². The molecule has 0 saturated heterocycles. The highest BCUT2D eigenvalue weighted by Gasteiger charge is 2.04. The van der Waals surface area contributed by atoms with Gasteiger partial charge in [0.15, 0.2) is 0 Å². The van der Waals surface area contributed by atoms with Gasteiger partial charge in [0.05, 0.1) is 0 Å². The standard InChI is InChI=1S/C16H20N4/c1-17-12-13-3-4-14-5-8-20(15(14)11-13)9-6-16-18-7-10-19(16)2/h3-5,7-8,10-11,17H,6,9,12H2,1-2H3. The number of benzene rings is 1. The minimum absolute atomic E-state index is 0.903. The summed E-state index contributed by atoms with van der Waals surface area (Å²) in [6.45, 7) is 1.86. The van der Waals surface area contributed by atoms with Crippen molar-refractivity contribution in [3.05, 3.63) is 54.2 Å². The van der Waals surface area contributed by atoms with Crippen molar-refractivity contribution in [3.63, 3.8) is 0 Å². The van der Waals surface area contributed by atoms with Crippen molar-refractivity contribution in [1.82, 2.24) is 19.4 Å². The van der Waals surface area contributed by atoms with Crippen LogP contribution in [-0.2, 0) is 26.6 Å². The number of nitrogens with one attached hydrogen (secondary N) is 1. The van der Waals surface area contributed by atoms with Gasteiger partial charge < -0.3 is 14.5 Å². The molecule has 0 radical (unpaired) electrons. The van der Waals surface area contributed by atoms with Crippen LogP contribution in [-0.4, -0.2) is 21.2 Å². The SMILES string of the molecule is CNCc1ccc2ccn(CCc3nccn3C)c2c1. The van der Waals surface area contributed by atoms with Crippen molar-refractivity contribution in [2.24, 2.45) is 7.05 Å². The second-order valence-corrected chi connectivity index (χ2v) is 5.14. The first-order valence-corrected chi connectivity index (χ1v) is 6.96. The highest BCUT2D eigenvalue weighted by molar-refractivity contribution is 5.80. The molecule has 4 heteroatoms. The van der Waals surface area contributed by atoms with Crippen molar-refractivity contribution < 1.29 is 0 Å². The van der Waals surface area contributed by atoms with Crippen LogP contribution in [0.5, 0.6) is 0 Å². The molecule has 20 heavy (non-hydrogen) atoms. The minimum Gasteiger partial charge on any atom is -0.347 e. The Kier molecular flexibility index (Phi) is 3.56. The van der Waals surface area contributed by atoms with Gasteiger partial charge in [-0.2, -0.15) is 0 Å². The number of hydrogen-bond acceptors (Lipinski definition) is 2. The zero-order chi connectivity index (χ0) is 13.9. The molecular formula is C16H20N4. The summed E-state index contributed by atoms with van der Waals surface area (Å²) >= 11 is 0. The Morgan fingerprint density at radius 1 is 1.20 bits per heavy atom. The van der Waals surface area contributed by atoms with E-state index in [2.05, 4.69) is 49.9 Å². The molecule has 0 saturated carbocycles. The maximum Gasteiger partial charge on any atom is 0.110 e. The predicted molar refractivity (Wildman–Crippen MR) is 81.6 cm³/mol. The Morgan fingerprint density at radius 2 is 2.10 bits per heavy atom. The number of rotatable bonds is 5. The number of aromatic nitrogens is 3. The smallest absolute Gasteiger partial charge is 0.110 e. The van der Waals surface area contributed by atoms with E-state index in [0.29, 0.717) is 0 Å². The van der Waals surface area contributed by atoms with Gasteiger partial charge in [0, 0.05) is 50.7 Å². The quantitative estimate of drug-likeness (QED) is 0.771. The lowest BCUT2D eigenvalue weighted by molar-refractivity contribution is 0.667. The molecule has 0 bridgehead atoms. The van der Waals surface area contributed by atoms with Crippen LogP contribution >= 0.6 is 0 Å². The minimum atomic E-state index is 0.903. The molecule has 3 rings (SSSR count). The number of nitrogens with zero attached hydrogens (tertiary/aromatic N) is 3. The topological polar surface area (TPSA) is 34.8 Å². The second kappa shape index (κ2) is 5.51. The first kappa shape index (κ1) is 12.9. The van der Waals surface area contributed by atoms with Crippen LogP contribution in [0, 0.1) is 0 Å². The van der Waals surface area contributed by atoms with E-state index in [-0.39, 0.29) is 0 Å². The summed E-state index contributed by atoms with van der Waals surface area (Å²) in [5.74, 6) is 1.12. The van der Waals surface area contributed by atoms with Crippen LogP contribution in [0.4, 0.5) is 0 Å².